The van der Waals surface area contributed by atoms with Gasteiger partial charge in [0, 0.05) is 18.4 Å². The van der Waals surface area contributed by atoms with E-state index in [1.807, 2.05) is 0 Å². The predicted octanol–water partition coefficient (Wildman–Crippen LogP) is 1.73. The topological polar surface area (TPSA) is 66.9 Å². The van der Waals surface area contributed by atoms with Crippen molar-refractivity contribution in [2.24, 2.45) is 5.92 Å². The Balaban J connectivity index is 1.59. The third-order valence-electron chi connectivity index (χ3n) is 4.28. The van der Waals surface area contributed by atoms with Gasteiger partial charge in [-0.3, -0.25) is 9.78 Å². The smallest absolute Gasteiger partial charge is 0.242 e. The van der Waals surface area contributed by atoms with Crippen LogP contribution in [0.5, 0.6) is 0 Å². The molecule has 0 radical (unpaired) electrons. The van der Waals surface area contributed by atoms with E-state index < -0.39 is 0 Å². The van der Waals surface area contributed by atoms with Gasteiger partial charge >= 0.3 is 0 Å². The highest BCUT2D eigenvalue weighted by Gasteiger charge is 2.34. The summed E-state index contributed by atoms with van der Waals surface area (Å²) in [7, 11) is 0. The molecule has 102 valence electrons. The van der Waals surface area contributed by atoms with Crippen LogP contribution in [-0.2, 0) is 4.79 Å². The number of fused-ring (bicyclic) bond motifs is 1. The van der Waals surface area contributed by atoms with Crippen molar-refractivity contribution in [2.75, 3.05) is 5.32 Å². The maximum atomic E-state index is 12.2. The minimum atomic E-state index is -0.0821. The number of carbonyl (C=O) groups excluding carboxylic acids is 1. The number of nitrogens with one attached hydrogen (secondary N) is 2. The fourth-order valence-electron chi connectivity index (χ4n) is 3.28. The highest BCUT2D eigenvalue weighted by molar-refractivity contribution is 5.94. The van der Waals surface area contributed by atoms with Gasteiger partial charge in [0.05, 0.1) is 12.2 Å². The monoisotopic (exact) mass is 260 g/mol. The minimum absolute atomic E-state index is 0.0181. The molecule has 0 spiro atoms. The van der Waals surface area contributed by atoms with Crippen LogP contribution in [0.1, 0.15) is 38.5 Å². The summed E-state index contributed by atoms with van der Waals surface area (Å²) in [5.41, 5.74) is 0. The SMILES string of the molecule is O=C(Nc1cnccn1)C1CCC2CCCCC2N1. The molecule has 3 unspecified atom stereocenters. The van der Waals surface area contributed by atoms with E-state index in [1.165, 1.54) is 25.7 Å². The maximum Gasteiger partial charge on any atom is 0.242 e. The Morgan fingerprint density at radius 3 is 2.95 bits per heavy atom. The number of nitrogens with zero attached hydrogens (tertiary/aromatic N) is 2. The van der Waals surface area contributed by atoms with E-state index in [0.717, 1.165) is 18.8 Å². The van der Waals surface area contributed by atoms with Crippen molar-refractivity contribution >= 4 is 11.7 Å². The van der Waals surface area contributed by atoms with Crippen molar-refractivity contribution < 1.29 is 4.79 Å². The molecule has 0 bridgehead atoms. The second-order valence-corrected chi connectivity index (χ2v) is 5.53. The molecule has 3 atom stereocenters. The number of rotatable bonds is 2. The zero-order valence-corrected chi connectivity index (χ0v) is 11.0. The van der Waals surface area contributed by atoms with Crippen LogP contribution < -0.4 is 10.6 Å². The molecule has 0 aromatic carbocycles. The van der Waals surface area contributed by atoms with Gasteiger partial charge in [0.15, 0.2) is 5.82 Å². The van der Waals surface area contributed by atoms with Crippen molar-refractivity contribution in [3.63, 3.8) is 0 Å². The highest BCUT2D eigenvalue weighted by Crippen LogP contribution is 2.32. The molecule has 3 rings (SSSR count). The summed E-state index contributed by atoms with van der Waals surface area (Å²) in [4.78, 5) is 20.2. The molecule has 1 amide bonds. The highest BCUT2D eigenvalue weighted by atomic mass is 16.2. The molecule has 1 aromatic rings. The molecule has 1 saturated carbocycles. The molecular weight excluding hydrogens is 240 g/mol. The van der Waals surface area contributed by atoms with Crippen LogP contribution in [0, 0.1) is 5.92 Å². The molecule has 2 heterocycles. The van der Waals surface area contributed by atoms with Gasteiger partial charge in [0.25, 0.3) is 0 Å². The zero-order chi connectivity index (χ0) is 13.1. The van der Waals surface area contributed by atoms with E-state index in [4.69, 9.17) is 0 Å². The lowest BCUT2D eigenvalue weighted by molar-refractivity contribution is -0.119. The fraction of sp³-hybridized carbons (Fsp3) is 0.643. The van der Waals surface area contributed by atoms with E-state index in [9.17, 15) is 4.79 Å². The van der Waals surface area contributed by atoms with Crippen LogP contribution in [-0.4, -0.2) is 28.0 Å². The Kier molecular flexibility index (Phi) is 3.73. The zero-order valence-electron chi connectivity index (χ0n) is 11.0. The molecular formula is C14H20N4O. The largest absolute Gasteiger partial charge is 0.308 e. The van der Waals surface area contributed by atoms with E-state index in [0.29, 0.717) is 11.9 Å². The molecule has 5 heteroatoms. The normalized spacial score (nSPS) is 30.4. The van der Waals surface area contributed by atoms with Crippen LogP contribution in [0.25, 0.3) is 0 Å². The number of carbonyl (C=O) groups is 1. The first-order valence-electron chi connectivity index (χ1n) is 7.16. The molecule has 1 aliphatic heterocycles. The lowest BCUT2D eigenvalue weighted by Gasteiger charge is -2.39. The van der Waals surface area contributed by atoms with Crippen molar-refractivity contribution in [2.45, 2.75) is 50.6 Å². The summed E-state index contributed by atoms with van der Waals surface area (Å²) in [6.07, 6.45) is 12.0. The van der Waals surface area contributed by atoms with Crippen LogP contribution >= 0.6 is 0 Å². The molecule has 2 aliphatic rings. The molecule has 1 aromatic heterocycles. The standard InChI is InChI=1S/C14H20N4O/c19-14(18-13-9-15-7-8-16-13)12-6-5-10-3-1-2-4-11(10)17-12/h7-12,17H,1-6H2,(H,16,18,19). The average molecular weight is 260 g/mol. The minimum Gasteiger partial charge on any atom is -0.308 e. The lowest BCUT2D eigenvalue weighted by Crippen LogP contribution is -2.53. The van der Waals surface area contributed by atoms with Gasteiger partial charge < -0.3 is 10.6 Å². The van der Waals surface area contributed by atoms with E-state index in [1.54, 1.807) is 18.6 Å². The first-order chi connectivity index (χ1) is 9.33. The van der Waals surface area contributed by atoms with Crippen molar-refractivity contribution in [1.82, 2.24) is 15.3 Å². The Labute approximate surface area is 113 Å². The van der Waals surface area contributed by atoms with Crippen molar-refractivity contribution in [1.29, 1.82) is 0 Å². The number of piperidine rings is 1. The van der Waals surface area contributed by atoms with Gasteiger partial charge in [-0.2, -0.15) is 0 Å². The second kappa shape index (κ2) is 5.65. The van der Waals surface area contributed by atoms with Gasteiger partial charge in [0.1, 0.15) is 0 Å². The Morgan fingerprint density at radius 1 is 1.21 bits per heavy atom. The number of hydrogen-bond acceptors (Lipinski definition) is 4. The van der Waals surface area contributed by atoms with Gasteiger partial charge in [0.2, 0.25) is 5.91 Å². The molecule has 1 saturated heterocycles. The van der Waals surface area contributed by atoms with Gasteiger partial charge in [-0.25, -0.2) is 4.98 Å². The van der Waals surface area contributed by atoms with E-state index in [-0.39, 0.29) is 11.9 Å². The molecule has 5 nitrogen and oxygen atoms in total. The quantitative estimate of drug-likeness (QED) is 0.849. The van der Waals surface area contributed by atoms with E-state index >= 15 is 0 Å². The molecule has 2 fully saturated rings. The molecule has 1 aliphatic carbocycles. The summed E-state index contributed by atoms with van der Waals surface area (Å²) in [5, 5.41) is 6.35. The summed E-state index contributed by atoms with van der Waals surface area (Å²) in [5.74, 6) is 1.32. The fourth-order valence-corrected chi connectivity index (χ4v) is 3.28. The molecule has 19 heavy (non-hydrogen) atoms. The molecule has 2 N–H and O–H groups in total. The summed E-state index contributed by atoms with van der Waals surface area (Å²) in [6.45, 7) is 0. The number of anilines is 1. The summed E-state index contributed by atoms with van der Waals surface area (Å²) >= 11 is 0. The summed E-state index contributed by atoms with van der Waals surface area (Å²) < 4.78 is 0. The Hall–Kier alpha value is -1.49. The van der Waals surface area contributed by atoms with Crippen LogP contribution in [0.3, 0.4) is 0 Å². The van der Waals surface area contributed by atoms with Gasteiger partial charge in [-0.05, 0) is 31.6 Å². The second-order valence-electron chi connectivity index (χ2n) is 5.53. The lowest BCUT2D eigenvalue weighted by atomic mass is 9.77. The maximum absolute atomic E-state index is 12.2. The van der Waals surface area contributed by atoms with Crippen LogP contribution in [0.4, 0.5) is 5.82 Å². The van der Waals surface area contributed by atoms with Crippen molar-refractivity contribution in [3.8, 4) is 0 Å². The number of amides is 1. The summed E-state index contributed by atoms with van der Waals surface area (Å²) in [6, 6.07) is 0.446. The first kappa shape index (κ1) is 12.5. The Morgan fingerprint density at radius 2 is 2.11 bits per heavy atom. The number of hydrogen-bond donors (Lipinski definition) is 2. The third kappa shape index (κ3) is 2.92. The van der Waals surface area contributed by atoms with Crippen LogP contribution in [0.2, 0.25) is 0 Å². The number of aromatic nitrogens is 2. The average Bonchev–Trinajstić information content (AvgIpc) is 2.48. The van der Waals surface area contributed by atoms with Crippen molar-refractivity contribution in [3.05, 3.63) is 18.6 Å². The third-order valence-corrected chi connectivity index (χ3v) is 4.28. The van der Waals surface area contributed by atoms with Gasteiger partial charge in [-0.1, -0.05) is 12.8 Å². The van der Waals surface area contributed by atoms with Gasteiger partial charge in [-0.15, -0.1) is 0 Å². The first-order valence-corrected chi connectivity index (χ1v) is 7.16. The predicted molar refractivity (Wildman–Crippen MR) is 72.6 cm³/mol. The van der Waals surface area contributed by atoms with Crippen LogP contribution in [0.15, 0.2) is 18.6 Å². The van der Waals surface area contributed by atoms with E-state index in [2.05, 4.69) is 20.6 Å². The Bertz CT molecular complexity index is 436.